The Bertz CT molecular complexity index is 927. The first-order chi connectivity index (χ1) is 14.8. The maximum absolute atomic E-state index is 13.6. The minimum absolute atomic E-state index is 0.00262. The number of ether oxygens (including phenoxy) is 1. The van der Waals surface area contributed by atoms with Gasteiger partial charge in [-0.05, 0) is 37.5 Å². The highest BCUT2D eigenvalue weighted by Crippen LogP contribution is 2.39. The Morgan fingerprint density at radius 1 is 1.39 bits per heavy atom. The van der Waals surface area contributed by atoms with Crippen LogP contribution in [-0.4, -0.2) is 34.2 Å². The molecule has 7 nitrogen and oxygen atoms in total. The number of likely N-dealkylation sites (tertiary alicyclic amines) is 1. The Morgan fingerprint density at radius 2 is 2.19 bits per heavy atom. The van der Waals surface area contributed by atoms with E-state index in [0.29, 0.717) is 13.0 Å². The number of benzene rings is 1. The van der Waals surface area contributed by atoms with Gasteiger partial charge < -0.3 is 19.9 Å². The molecule has 1 aromatic carbocycles. The molecule has 168 valence electrons. The Balaban J connectivity index is 1.79. The van der Waals surface area contributed by atoms with Gasteiger partial charge in [0, 0.05) is 12.1 Å². The average Bonchev–Trinajstić information content (AvgIpc) is 3.39. The number of aromatic nitrogens is 2. The third-order valence-corrected chi connectivity index (χ3v) is 5.03. The summed E-state index contributed by atoms with van der Waals surface area (Å²) in [6.07, 6.45) is 3.23. The fourth-order valence-corrected chi connectivity index (χ4v) is 3.44. The molecule has 0 spiro atoms. The molecule has 10 heteroatoms. The number of allylic oxidation sites excluding steroid dienone is 1. The molecule has 1 aliphatic heterocycles. The zero-order valence-corrected chi connectivity index (χ0v) is 17.2. The maximum Gasteiger partial charge on any atom is 0.419 e. The lowest BCUT2D eigenvalue weighted by Crippen LogP contribution is -2.35. The Morgan fingerprint density at radius 3 is 2.90 bits per heavy atom. The summed E-state index contributed by atoms with van der Waals surface area (Å²) >= 11 is 0. The van der Waals surface area contributed by atoms with E-state index in [0.717, 1.165) is 31.7 Å². The minimum atomic E-state index is -4.61. The molecule has 31 heavy (non-hydrogen) atoms. The molecule has 1 saturated heterocycles. The maximum atomic E-state index is 13.6. The molecule has 2 heterocycles. The first kappa shape index (κ1) is 22.6. The van der Waals surface area contributed by atoms with Crippen molar-refractivity contribution in [3.63, 3.8) is 0 Å². The predicted octanol–water partition coefficient (Wildman–Crippen LogP) is 5.10. The van der Waals surface area contributed by atoms with Gasteiger partial charge in [-0.25, -0.2) is 4.79 Å². The van der Waals surface area contributed by atoms with Crippen LogP contribution in [0.25, 0.3) is 11.4 Å². The Labute approximate surface area is 178 Å². The summed E-state index contributed by atoms with van der Waals surface area (Å²) in [5, 5.41) is 3.80. The van der Waals surface area contributed by atoms with Gasteiger partial charge in [0.1, 0.15) is 18.4 Å². The largest absolute Gasteiger partial charge is 0.489 e. The smallest absolute Gasteiger partial charge is 0.419 e. The summed E-state index contributed by atoms with van der Waals surface area (Å²) in [4.78, 5) is 17.1. The molecule has 2 amide bonds. The van der Waals surface area contributed by atoms with Crippen LogP contribution in [0.15, 0.2) is 34.9 Å². The lowest BCUT2D eigenvalue weighted by molar-refractivity contribution is -0.138. The van der Waals surface area contributed by atoms with Crippen LogP contribution in [0.3, 0.4) is 0 Å². The van der Waals surface area contributed by atoms with E-state index in [1.54, 1.807) is 6.08 Å². The number of nitrogens with two attached hydrogens (primary N) is 1. The number of urea groups is 1. The van der Waals surface area contributed by atoms with Crippen LogP contribution in [0.1, 0.15) is 56.5 Å². The van der Waals surface area contributed by atoms with E-state index < -0.39 is 23.8 Å². The van der Waals surface area contributed by atoms with Crippen LogP contribution < -0.4 is 10.5 Å². The van der Waals surface area contributed by atoms with Gasteiger partial charge in [0.2, 0.25) is 11.7 Å². The third-order valence-electron chi connectivity index (χ3n) is 5.03. The van der Waals surface area contributed by atoms with Crippen molar-refractivity contribution in [2.45, 2.75) is 51.2 Å². The van der Waals surface area contributed by atoms with E-state index in [1.807, 2.05) is 6.08 Å². The average molecular weight is 438 g/mol. The fourth-order valence-electron chi connectivity index (χ4n) is 3.44. The van der Waals surface area contributed by atoms with E-state index in [-0.39, 0.29) is 29.6 Å². The summed E-state index contributed by atoms with van der Waals surface area (Å²) in [6, 6.07) is 2.56. The highest BCUT2D eigenvalue weighted by Gasteiger charge is 2.36. The lowest BCUT2D eigenvalue weighted by Gasteiger charge is -2.18. The number of rotatable bonds is 8. The molecular weight excluding hydrogens is 413 g/mol. The van der Waals surface area contributed by atoms with Crippen LogP contribution >= 0.6 is 0 Å². The molecule has 0 aliphatic carbocycles. The SMILES string of the molecule is CCCC/C=C/COc1ccc(-c2noc([C@@H]3CCCN3C(N)=O)n2)cc1C(F)(F)F. The van der Waals surface area contributed by atoms with E-state index in [2.05, 4.69) is 17.1 Å². The van der Waals surface area contributed by atoms with Gasteiger partial charge >= 0.3 is 12.2 Å². The normalized spacial score (nSPS) is 16.9. The highest BCUT2D eigenvalue weighted by molar-refractivity contribution is 5.72. The summed E-state index contributed by atoms with van der Waals surface area (Å²) in [7, 11) is 0. The number of halogens is 3. The van der Waals surface area contributed by atoms with Crippen LogP contribution in [0, 0.1) is 0 Å². The number of hydrogen-bond donors (Lipinski definition) is 1. The van der Waals surface area contributed by atoms with Crippen molar-refractivity contribution in [2.24, 2.45) is 5.73 Å². The molecule has 0 radical (unpaired) electrons. The molecule has 0 saturated carbocycles. The van der Waals surface area contributed by atoms with Gasteiger partial charge in [-0.1, -0.05) is 37.1 Å². The predicted molar refractivity (Wildman–Crippen MR) is 107 cm³/mol. The Hall–Kier alpha value is -3.04. The van der Waals surface area contributed by atoms with E-state index in [1.165, 1.54) is 17.0 Å². The second kappa shape index (κ2) is 9.84. The van der Waals surface area contributed by atoms with Gasteiger partial charge in [0.15, 0.2) is 0 Å². The molecule has 3 rings (SSSR count). The van der Waals surface area contributed by atoms with Gasteiger partial charge in [0.25, 0.3) is 0 Å². The second-order valence-corrected chi connectivity index (χ2v) is 7.28. The fraction of sp³-hybridized carbons (Fsp3) is 0.476. The van der Waals surface area contributed by atoms with E-state index >= 15 is 0 Å². The molecule has 0 bridgehead atoms. The van der Waals surface area contributed by atoms with Gasteiger partial charge in [0.05, 0.1) is 5.56 Å². The lowest BCUT2D eigenvalue weighted by atomic mass is 10.1. The van der Waals surface area contributed by atoms with Crippen LogP contribution in [0.4, 0.5) is 18.0 Å². The highest BCUT2D eigenvalue weighted by atomic mass is 19.4. The van der Waals surface area contributed by atoms with Crippen molar-refractivity contribution in [3.8, 4) is 17.1 Å². The van der Waals surface area contributed by atoms with Crippen molar-refractivity contribution in [1.29, 1.82) is 0 Å². The van der Waals surface area contributed by atoms with Crippen LogP contribution in [0.2, 0.25) is 0 Å². The van der Waals surface area contributed by atoms with Crippen molar-refractivity contribution in [2.75, 3.05) is 13.2 Å². The Kier molecular flexibility index (Phi) is 7.19. The van der Waals surface area contributed by atoms with Gasteiger partial charge in [-0.3, -0.25) is 0 Å². The zero-order chi connectivity index (χ0) is 22.4. The molecule has 1 atom stereocenters. The van der Waals surface area contributed by atoms with Crippen molar-refractivity contribution in [3.05, 3.63) is 41.8 Å². The number of carbonyl (C=O) groups excluding carboxylic acids is 1. The molecular formula is C21H25F3N4O3. The number of amides is 2. The van der Waals surface area contributed by atoms with E-state index in [4.69, 9.17) is 15.0 Å². The summed E-state index contributed by atoms with van der Waals surface area (Å²) in [5.74, 6) is -0.115. The summed E-state index contributed by atoms with van der Waals surface area (Å²) in [5.41, 5.74) is 4.57. The van der Waals surface area contributed by atoms with Crippen LogP contribution in [-0.2, 0) is 6.18 Å². The minimum Gasteiger partial charge on any atom is -0.489 e. The zero-order valence-electron chi connectivity index (χ0n) is 17.2. The second-order valence-electron chi connectivity index (χ2n) is 7.28. The number of unbranched alkanes of at least 4 members (excludes halogenated alkanes) is 2. The number of carbonyl (C=O) groups is 1. The molecule has 2 N–H and O–H groups in total. The number of hydrogen-bond acceptors (Lipinski definition) is 5. The van der Waals surface area contributed by atoms with E-state index in [9.17, 15) is 18.0 Å². The van der Waals surface area contributed by atoms with Gasteiger partial charge in [-0.15, -0.1) is 0 Å². The molecule has 0 unspecified atom stereocenters. The van der Waals surface area contributed by atoms with Crippen molar-refractivity contribution < 1.29 is 27.2 Å². The van der Waals surface area contributed by atoms with Crippen LogP contribution in [0.5, 0.6) is 5.75 Å². The standard InChI is InChI=1S/C21H25F3N4O3/c1-2-3-4-5-6-12-30-17-10-9-14(13-15(17)21(22,23)24)18-26-19(31-27-18)16-8-7-11-28(16)20(25)29/h5-6,9-10,13,16H,2-4,7-8,11-12H2,1H3,(H2,25,29)/b6-5+/t16-/m0/s1. The molecule has 1 aliphatic rings. The topological polar surface area (TPSA) is 94.5 Å². The van der Waals surface area contributed by atoms with Crippen molar-refractivity contribution >= 4 is 6.03 Å². The summed E-state index contributed by atoms with van der Waals surface area (Å²) < 4.78 is 51.3. The quantitative estimate of drug-likeness (QED) is 0.457. The molecule has 1 aromatic heterocycles. The molecule has 1 fully saturated rings. The monoisotopic (exact) mass is 438 g/mol. The summed E-state index contributed by atoms with van der Waals surface area (Å²) in [6.45, 7) is 2.58. The number of alkyl halides is 3. The first-order valence-corrected chi connectivity index (χ1v) is 10.2. The van der Waals surface area contributed by atoms with Gasteiger partial charge in [-0.2, -0.15) is 18.2 Å². The molecule has 2 aromatic rings. The third kappa shape index (κ3) is 5.56. The first-order valence-electron chi connectivity index (χ1n) is 10.2. The van der Waals surface area contributed by atoms with Crippen molar-refractivity contribution in [1.82, 2.24) is 15.0 Å². The number of primary amides is 1. The number of nitrogens with zero attached hydrogens (tertiary/aromatic N) is 3.